The fourth-order valence-electron chi connectivity index (χ4n) is 2.52. The van der Waals surface area contributed by atoms with E-state index in [1.807, 2.05) is 17.8 Å². The summed E-state index contributed by atoms with van der Waals surface area (Å²) >= 11 is 0. The van der Waals surface area contributed by atoms with Crippen molar-refractivity contribution in [2.45, 2.75) is 44.4 Å². The lowest BCUT2D eigenvalue weighted by molar-refractivity contribution is 0.111. The van der Waals surface area contributed by atoms with E-state index in [0.717, 1.165) is 6.29 Å². The average Bonchev–Trinajstić information content (AvgIpc) is 2.48. The fourth-order valence-corrected chi connectivity index (χ4v) is 2.52. The Morgan fingerprint density at radius 3 is 2.53 bits per heavy atom. The molecule has 0 saturated heterocycles. The van der Waals surface area contributed by atoms with Crippen molar-refractivity contribution in [1.29, 1.82) is 0 Å². The third kappa shape index (κ3) is 2.28. The van der Waals surface area contributed by atoms with Crippen LogP contribution in [-0.4, -0.2) is 16.1 Å². The van der Waals surface area contributed by atoms with Gasteiger partial charge in [-0.15, -0.1) is 0 Å². The maximum Gasteiger partial charge on any atom is 0.170 e. The Kier molecular flexibility index (Phi) is 3.19. The molecule has 3 nitrogen and oxygen atoms in total. The first-order valence-corrected chi connectivity index (χ1v) is 5.80. The van der Waals surface area contributed by atoms with E-state index in [-0.39, 0.29) is 0 Å². The molecule has 1 heterocycles. The van der Waals surface area contributed by atoms with E-state index in [1.54, 1.807) is 0 Å². The second kappa shape index (κ2) is 4.60. The smallest absolute Gasteiger partial charge is 0.170 e. The molecule has 0 N–H and O–H groups in total. The summed E-state index contributed by atoms with van der Waals surface area (Å²) in [5.74, 6) is 0.610. The Morgan fingerprint density at radius 1 is 1.33 bits per heavy atom. The highest BCUT2D eigenvalue weighted by molar-refractivity contribution is 5.71. The lowest BCUT2D eigenvalue weighted by atomic mass is 9.96. The molecule has 0 radical (unpaired) electrons. The van der Waals surface area contributed by atoms with Crippen LogP contribution in [0.3, 0.4) is 0 Å². The normalized spacial score (nSPS) is 18.7. The number of carbonyl (C=O) groups excluding carboxylic acids is 1. The zero-order chi connectivity index (χ0) is 10.7. The Balaban J connectivity index is 2.18. The monoisotopic (exact) mass is 206 g/mol. The molecule has 1 aromatic heterocycles. The van der Waals surface area contributed by atoms with Crippen molar-refractivity contribution >= 4 is 6.29 Å². The highest BCUT2D eigenvalue weighted by Crippen LogP contribution is 2.31. The second-order valence-electron chi connectivity index (χ2n) is 4.42. The maximum atomic E-state index is 10.6. The van der Waals surface area contributed by atoms with Gasteiger partial charge in [0, 0.05) is 18.7 Å². The summed E-state index contributed by atoms with van der Waals surface area (Å²) in [5, 5.41) is 4.18. The van der Waals surface area contributed by atoms with Crippen LogP contribution in [0.1, 0.15) is 60.6 Å². The SMILES string of the molecule is Cn1nc(C=O)cc1C1CCCCCC1. The number of aryl methyl sites for hydroxylation is 1. The van der Waals surface area contributed by atoms with Gasteiger partial charge in [-0.2, -0.15) is 5.10 Å². The standard InChI is InChI=1S/C12H18N2O/c1-14-12(8-11(9-15)13-14)10-6-4-2-3-5-7-10/h8-10H,2-7H2,1H3. The van der Waals surface area contributed by atoms with Gasteiger partial charge in [-0.05, 0) is 18.9 Å². The third-order valence-electron chi connectivity index (χ3n) is 3.33. The highest BCUT2D eigenvalue weighted by Gasteiger charge is 2.18. The molecule has 0 spiro atoms. The van der Waals surface area contributed by atoms with Crippen LogP contribution < -0.4 is 0 Å². The van der Waals surface area contributed by atoms with Crippen LogP contribution in [-0.2, 0) is 7.05 Å². The van der Waals surface area contributed by atoms with Crippen LogP contribution in [0.5, 0.6) is 0 Å². The van der Waals surface area contributed by atoms with E-state index in [1.165, 1.54) is 44.2 Å². The Bertz CT molecular complexity index is 335. The van der Waals surface area contributed by atoms with Crippen LogP contribution in [0.25, 0.3) is 0 Å². The number of hydrogen-bond acceptors (Lipinski definition) is 2. The minimum Gasteiger partial charge on any atom is -0.296 e. The van der Waals surface area contributed by atoms with E-state index in [2.05, 4.69) is 5.10 Å². The lowest BCUT2D eigenvalue weighted by Crippen LogP contribution is -2.04. The van der Waals surface area contributed by atoms with Gasteiger partial charge in [0.1, 0.15) is 5.69 Å². The maximum absolute atomic E-state index is 10.6. The molecule has 0 aromatic carbocycles. The van der Waals surface area contributed by atoms with Crippen LogP contribution in [0.15, 0.2) is 6.07 Å². The Labute approximate surface area is 90.5 Å². The molecule has 82 valence electrons. The van der Waals surface area contributed by atoms with Crippen LogP contribution in [0, 0.1) is 0 Å². The molecule has 1 aliphatic rings. The highest BCUT2D eigenvalue weighted by atomic mass is 16.1. The number of aromatic nitrogens is 2. The Morgan fingerprint density at radius 2 is 2.00 bits per heavy atom. The van der Waals surface area contributed by atoms with E-state index in [9.17, 15) is 4.79 Å². The van der Waals surface area contributed by atoms with E-state index in [0.29, 0.717) is 11.6 Å². The molecule has 0 atom stereocenters. The number of hydrogen-bond donors (Lipinski definition) is 0. The molecule has 0 unspecified atom stereocenters. The summed E-state index contributed by atoms with van der Waals surface area (Å²) in [7, 11) is 1.94. The summed E-state index contributed by atoms with van der Waals surface area (Å²) in [6.07, 6.45) is 8.66. The molecular weight excluding hydrogens is 188 g/mol. The number of nitrogens with zero attached hydrogens (tertiary/aromatic N) is 2. The first-order valence-electron chi connectivity index (χ1n) is 5.80. The Hall–Kier alpha value is -1.12. The van der Waals surface area contributed by atoms with Gasteiger partial charge in [0.15, 0.2) is 6.29 Å². The van der Waals surface area contributed by atoms with Gasteiger partial charge in [0.05, 0.1) is 0 Å². The largest absolute Gasteiger partial charge is 0.296 e. The van der Waals surface area contributed by atoms with Crippen molar-refractivity contribution in [3.05, 3.63) is 17.5 Å². The summed E-state index contributed by atoms with van der Waals surface area (Å²) in [6, 6.07) is 1.95. The van der Waals surface area contributed by atoms with E-state index >= 15 is 0 Å². The quantitative estimate of drug-likeness (QED) is 0.551. The molecule has 0 amide bonds. The van der Waals surface area contributed by atoms with Crippen molar-refractivity contribution in [3.63, 3.8) is 0 Å². The van der Waals surface area contributed by atoms with Gasteiger partial charge in [-0.3, -0.25) is 9.48 Å². The number of aldehydes is 1. The third-order valence-corrected chi connectivity index (χ3v) is 3.33. The van der Waals surface area contributed by atoms with Crippen molar-refractivity contribution in [2.24, 2.45) is 7.05 Å². The topological polar surface area (TPSA) is 34.9 Å². The van der Waals surface area contributed by atoms with Crippen molar-refractivity contribution in [1.82, 2.24) is 9.78 Å². The van der Waals surface area contributed by atoms with Crippen LogP contribution in [0.2, 0.25) is 0 Å². The minimum absolute atomic E-state index is 0.566. The number of carbonyl (C=O) groups is 1. The zero-order valence-electron chi connectivity index (χ0n) is 9.28. The van der Waals surface area contributed by atoms with Gasteiger partial charge >= 0.3 is 0 Å². The molecular formula is C12H18N2O. The lowest BCUT2D eigenvalue weighted by Gasteiger charge is -2.13. The zero-order valence-corrected chi connectivity index (χ0v) is 9.28. The van der Waals surface area contributed by atoms with E-state index < -0.39 is 0 Å². The first-order chi connectivity index (χ1) is 7.31. The first kappa shape index (κ1) is 10.4. The second-order valence-corrected chi connectivity index (χ2v) is 4.42. The van der Waals surface area contributed by atoms with Crippen LogP contribution in [0.4, 0.5) is 0 Å². The molecule has 1 aliphatic carbocycles. The molecule has 2 rings (SSSR count). The van der Waals surface area contributed by atoms with Crippen molar-refractivity contribution in [2.75, 3.05) is 0 Å². The minimum atomic E-state index is 0.566. The number of rotatable bonds is 2. The predicted molar refractivity (Wildman–Crippen MR) is 59.0 cm³/mol. The average molecular weight is 206 g/mol. The van der Waals surface area contributed by atoms with Gasteiger partial charge in [-0.25, -0.2) is 0 Å². The molecule has 0 bridgehead atoms. The molecule has 1 saturated carbocycles. The van der Waals surface area contributed by atoms with Crippen molar-refractivity contribution < 1.29 is 4.79 Å². The van der Waals surface area contributed by atoms with Gasteiger partial charge < -0.3 is 0 Å². The van der Waals surface area contributed by atoms with Gasteiger partial charge in [0.25, 0.3) is 0 Å². The summed E-state index contributed by atoms with van der Waals surface area (Å²) < 4.78 is 1.87. The molecule has 1 fully saturated rings. The molecule has 3 heteroatoms. The van der Waals surface area contributed by atoms with Gasteiger partial charge in [-0.1, -0.05) is 25.7 Å². The summed E-state index contributed by atoms with van der Waals surface area (Å²) in [6.45, 7) is 0. The molecule has 0 aliphatic heterocycles. The van der Waals surface area contributed by atoms with Crippen LogP contribution >= 0.6 is 0 Å². The van der Waals surface area contributed by atoms with Crippen molar-refractivity contribution in [3.8, 4) is 0 Å². The predicted octanol–water partition coefficient (Wildman–Crippen LogP) is 2.67. The van der Waals surface area contributed by atoms with Gasteiger partial charge in [0.2, 0.25) is 0 Å². The summed E-state index contributed by atoms with van der Waals surface area (Å²) in [4.78, 5) is 10.6. The molecule has 15 heavy (non-hydrogen) atoms. The summed E-state index contributed by atoms with van der Waals surface area (Å²) in [5.41, 5.74) is 1.80. The fraction of sp³-hybridized carbons (Fsp3) is 0.667. The molecule has 1 aromatic rings. The van der Waals surface area contributed by atoms with E-state index in [4.69, 9.17) is 0 Å².